The first-order valence-corrected chi connectivity index (χ1v) is 6.25. The van der Waals surface area contributed by atoms with Crippen molar-refractivity contribution in [3.05, 3.63) is 35.6 Å². The third-order valence-corrected chi connectivity index (χ3v) is 3.75. The zero-order valence-corrected chi connectivity index (χ0v) is 10.4. The average Bonchev–Trinajstić information content (AvgIpc) is 2.29. The van der Waals surface area contributed by atoms with E-state index in [1.807, 2.05) is 0 Å². The maximum atomic E-state index is 12.9. The minimum Gasteiger partial charge on any atom is -0.384 e. The van der Waals surface area contributed by atoms with Crippen LogP contribution in [0.4, 0.5) is 4.39 Å². The third kappa shape index (κ3) is 2.53. The second-order valence-electron chi connectivity index (χ2n) is 5.03. The van der Waals surface area contributed by atoms with E-state index in [9.17, 15) is 9.18 Å². The number of amides is 1. The molecule has 0 saturated heterocycles. The SMILES string of the molecule is CC(O)C(=O)NCC1(c2ccc(F)cc2)CCC1. The van der Waals surface area contributed by atoms with Gasteiger partial charge in [-0.05, 0) is 37.5 Å². The van der Waals surface area contributed by atoms with Gasteiger partial charge in [-0.15, -0.1) is 0 Å². The van der Waals surface area contributed by atoms with E-state index in [-0.39, 0.29) is 17.1 Å². The number of carbonyl (C=O) groups is 1. The second-order valence-corrected chi connectivity index (χ2v) is 5.03. The van der Waals surface area contributed by atoms with E-state index >= 15 is 0 Å². The summed E-state index contributed by atoms with van der Waals surface area (Å²) in [4.78, 5) is 11.4. The Bertz CT molecular complexity index is 424. The molecule has 0 heterocycles. The van der Waals surface area contributed by atoms with Gasteiger partial charge in [0.05, 0.1) is 0 Å². The Balaban J connectivity index is 2.07. The predicted octanol–water partition coefficient (Wildman–Crippen LogP) is 1.74. The quantitative estimate of drug-likeness (QED) is 0.856. The van der Waals surface area contributed by atoms with Crippen LogP contribution in [0.15, 0.2) is 24.3 Å². The molecule has 0 bridgehead atoms. The fraction of sp³-hybridized carbons (Fsp3) is 0.500. The Kier molecular flexibility index (Phi) is 3.66. The van der Waals surface area contributed by atoms with Crippen molar-refractivity contribution in [3.63, 3.8) is 0 Å². The van der Waals surface area contributed by atoms with Crippen LogP contribution in [0.1, 0.15) is 31.7 Å². The minimum absolute atomic E-state index is 0.0851. The number of benzene rings is 1. The Morgan fingerprint density at radius 3 is 2.50 bits per heavy atom. The highest BCUT2D eigenvalue weighted by atomic mass is 19.1. The molecule has 4 heteroatoms. The van der Waals surface area contributed by atoms with Crippen LogP contribution in [0.2, 0.25) is 0 Å². The van der Waals surface area contributed by atoms with Crippen molar-refractivity contribution in [2.24, 2.45) is 0 Å². The molecule has 0 aromatic heterocycles. The van der Waals surface area contributed by atoms with Crippen LogP contribution in [-0.2, 0) is 10.2 Å². The predicted molar refractivity (Wildman–Crippen MR) is 66.6 cm³/mol. The van der Waals surface area contributed by atoms with Crippen LogP contribution in [0.25, 0.3) is 0 Å². The summed E-state index contributed by atoms with van der Waals surface area (Å²) in [5.74, 6) is -0.607. The van der Waals surface area contributed by atoms with Crippen LogP contribution in [0.3, 0.4) is 0 Å². The molecule has 1 aromatic rings. The Morgan fingerprint density at radius 1 is 1.44 bits per heavy atom. The smallest absolute Gasteiger partial charge is 0.248 e. The third-order valence-electron chi connectivity index (χ3n) is 3.75. The maximum Gasteiger partial charge on any atom is 0.248 e. The number of aliphatic hydroxyl groups is 1. The van der Waals surface area contributed by atoms with Crippen LogP contribution in [0.5, 0.6) is 0 Å². The Labute approximate surface area is 106 Å². The second kappa shape index (κ2) is 5.06. The van der Waals surface area contributed by atoms with Gasteiger partial charge in [0, 0.05) is 12.0 Å². The van der Waals surface area contributed by atoms with Crippen molar-refractivity contribution >= 4 is 5.91 Å². The number of hydrogen-bond donors (Lipinski definition) is 2. The van der Waals surface area contributed by atoms with Crippen molar-refractivity contribution in [2.45, 2.75) is 37.7 Å². The fourth-order valence-corrected chi connectivity index (χ4v) is 2.38. The number of halogens is 1. The van der Waals surface area contributed by atoms with E-state index in [2.05, 4.69) is 5.32 Å². The van der Waals surface area contributed by atoms with E-state index in [0.29, 0.717) is 6.54 Å². The van der Waals surface area contributed by atoms with E-state index in [4.69, 9.17) is 5.11 Å². The lowest BCUT2D eigenvalue weighted by Gasteiger charge is -2.42. The maximum absolute atomic E-state index is 12.9. The molecule has 98 valence electrons. The topological polar surface area (TPSA) is 49.3 Å². The number of nitrogens with one attached hydrogen (secondary N) is 1. The van der Waals surface area contributed by atoms with E-state index in [1.165, 1.54) is 19.1 Å². The summed E-state index contributed by atoms with van der Waals surface area (Å²) in [6.07, 6.45) is 2.09. The molecule has 1 amide bonds. The van der Waals surface area contributed by atoms with Crippen LogP contribution in [0, 0.1) is 5.82 Å². The summed E-state index contributed by atoms with van der Waals surface area (Å²) in [5.41, 5.74) is 0.971. The normalized spacial score (nSPS) is 18.8. The zero-order valence-electron chi connectivity index (χ0n) is 10.4. The minimum atomic E-state index is -0.990. The van der Waals surface area contributed by atoms with Gasteiger partial charge in [-0.25, -0.2) is 4.39 Å². The van der Waals surface area contributed by atoms with Gasteiger partial charge in [0.2, 0.25) is 5.91 Å². The van der Waals surface area contributed by atoms with Gasteiger partial charge in [-0.3, -0.25) is 4.79 Å². The van der Waals surface area contributed by atoms with Crippen molar-refractivity contribution in [1.82, 2.24) is 5.32 Å². The first-order valence-electron chi connectivity index (χ1n) is 6.25. The molecule has 0 spiro atoms. The molecule has 1 unspecified atom stereocenters. The van der Waals surface area contributed by atoms with Crippen molar-refractivity contribution in [2.75, 3.05) is 6.54 Å². The molecule has 1 aliphatic rings. The lowest BCUT2D eigenvalue weighted by atomic mass is 9.64. The molecule has 2 N–H and O–H groups in total. The average molecular weight is 251 g/mol. The molecule has 1 fully saturated rings. The van der Waals surface area contributed by atoms with Gasteiger partial charge in [-0.2, -0.15) is 0 Å². The van der Waals surface area contributed by atoms with Gasteiger partial charge in [0.25, 0.3) is 0 Å². The van der Waals surface area contributed by atoms with Gasteiger partial charge in [0.15, 0.2) is 0 Å². The van der Waals surface area contributed by atoms with Crippen LogP contribution >= 0.6 is 0 Å². The van der Waals surface area contributed by atoms with Gasteiger partial charge in [0.1, 0.15) is 11.9 Å². The van der Waals surface area contributed by atoms with Gasteiger partial charge in [-0.1, -0.05) is 18.6 Å². The zero-order chi connectivity index (χ0) is 13.2. The van der Waals surface area contributed by atoms with Crippen molar-refractivity contribution in [3.8, 4) is 0 Å². The first-order chi connectivity index (χ1) is 8.53. The Hall–Kier alpha value is -1.42. The number of carbonyl (C=O) groups excluding carboxylic acids is 1. The molecule has 0 aliphatic heterocycles. The van der Waals surface area contributed by atoms with E-state index in [1.54, 1.807) is 12.1 Å². The largest absolute Gasteiger partial charge is 0.384 e. The molecule has 1 saturated carbocycles. The fourth-order valence-electron chi connectivity index (χ4n) is 2.38. The van der Waals surface area contributed by atoms with Crippen molar-refractivity contribution in [1.29, 1.82) is 0 Å². The summed E-state index contributed by atoms with van der Waals surface area (Å²) >= 11 is 0. The number of rotatable bonds is 4. The molecule has 1 aliphatic carbocycles. The first kappa shape index (κ1) is 13.0. The van der Waals surface area contributed by atoms with Crippen molar-refractivity contribution < 1.29 is 14.3 Å². The standard InChI is InChI=1S/C14H18FNO2/c1-10(17)13(18)16-9-14(7-2-8-14)11-3-5-12(15)6-4-11/h3-6,10,17H,2,7-9H2,1H3,(H,16,18). The highest BCUT2D eigenvalue weighted by molar-refractivity contribution is 5.80. The van der Waals surface area contributed by atoms with Crippen LogP contribution in [-0.4, -0.2) is 23.7 Å². The molecule has 1 aromatic carbocycles. The summed E-state index contributed by atoms with van der Waals surface area (Å²) in [5, 5.41) is 11.9. The molecule has 0 radical (unpaired) electrons. The lowest BCUT2D eigenvalue weighted by Crippen LogP contribution is -2.47. The molecule has 1 atom stereocenters. The summed E-state index contributed by atoms with van der Waals surface area (Å²) in [6.45, 7) is 1.95. The van der Waals surface area contributed by atoms with Gasteiger partial charge < -0.3 is 10.4 Å². The molecular weight excluding hydrogens is 233 g/mol. The lowest BCUT2D eigenvalue weighted by molar-refractivity contribution is -0.128. The van der Waals surface area contributed by atoms with E-state index < -0.39 is 6.10 Å². The van der Waals surface area contributed by atoms with Crippen LogP contribution < -0.4 is 5.32 Å². The highest BCUT2D eigenvalue weighted by Crippen LogP contribution is 2.43. The van der Waals surface area contributed by atoms with E-state index in [0.717, 1.165) is 24.8 Å². The molecule has 3 nitrogen and oxygen atoms in total. The highest BCUT2D eigenvalue weighted by Gasteiger charge is 2.38. The molecule has 18 heavy (non-hydrogen) atoms. The summed E-state index contributed by atoms with van der Waals surface area (Å²) in [6, 6.07) is 6.46. The monoisotopic (exact) mass is 251 g/mol. The Morgan fingerprint density at radius 2 is 2.06 bits per heavy atom. The summed E-state index contributed by atoms with van der Waals surface area (Å²) in [7, 11) is 0. The van der Waals surface area contributed by atoms with Gasteiger partial charge >= 0.3 is 0 Å². The molecule has 2 rings (SSSR count). The molecular formula is C14H18FNO2. The number of hydrogen-bond acceptors (Lipinski definition) is 2. The summed E-state index contributed by atoms with van der Waals surface area (Å²) < 4.78 is 12.9. The number of aliphatic hydroxyl groups excluding tert-OH is 1.